The number of para-hydroxylation sites is 1. The van der Waals surface area contributed by atoms with Crippen molar-refractivity contribution in [2.24, 2.45) is 0 Å². The van der Waals surface area contributed by atoms with Gasteiger partial charge in [0.15, 0.2) is 0 Å². The number of nitrogens with one attached hydrogen (secondary N) is 1. The standard InChI is InChI=1S/C15H12F3NO2/c16-15(17,18)12-6-4-5-11(9-12)10-19-14(20)21-13-7-2-1-3-8-13/h1-9H,10H2,(H,19,20). The van der Waals surface area contributed by atoms with Crippen LogP contribution in [0.25, 0.3) is 0 Å². The molecule has 2 aromatic carbocycles. The minimum atomic E-state index is -4.40. The Morgan fingerprint density at radius 2 is 1.76 bits per heavy atom. The van der Waals surface area contributed by atoms with Gasteiger partial charge < -0.3 is 10.1 Å². The zero-order chi connectivity index (χ0) is 15.3. The van der Waals surface area contributed by atoms with Crippen LogP contribution in [0.3, 0.4) is 0 Å². The maximum atomic E-state index is 12.5. The Morgan fingerprint density at radius 3 is 2.43 bits per heavy atom. The summed E-state index contributed by atoms with van der Waals surface area (Å²) in [6.45, 7) is -0.0460. The normalized spacial score (nSPS) is 11.0. The zero-order valence-electron chi connectivity index (χ0n) is 10.9. The molecule has 0 atom stereocenters. The molecule has 1 N–H and O–H groups in total. The fraction of sp³-hybridized carbons (Fsp3) is 0.133. The minimum absolute atomic E-state index is 0.0460. The molecule has 3 nitrogen and oxygen atoms in total. The number of alkyl halides is 3. The molecule has 0 saturated heterocycles. The molecule has 0 heterocycles. The number of ether oxygens (including phenoxy) is 1. The van der Waals surface area contributed by atoms with Gasteiger partial charge in [0.25, 0.3) is 0 Å². The van der Waals surface area contributed by atoms with Crippen molar-refractivity contribution in [2.45, 2.75) is 12.7 Å². The summed E-state index contributed by atoms with van der Waals surface area (Å²) >= 11 is 0. The molecule has 2 aromatic rings. The largest absolute Gasteiger partial charge is 0.416 e. The quantitative estimate of drug-likeness (QED) is 0.929. The Balaban J connectivity index is 1.92. The van der Waals surface area contributed by atoms with Crippen molar-refractivity contribution in [2.75, 3.05) is 0 Å². The van der Waals surface area contributed by atoms with E-state index in [0.717, 1.165) is 12.1 Å². The highest BCUT2D eigenvalue weighted by Gasteiger charge is 2.30. The molecule has 0 radical (unpaired) electrons. The number of carbonyl (C=O) groups excluding carboxylic acids is 1. The molecule has 0 aliphatic heterocycles. The monoisotopic (exact) mass is 295 g/mol. The number of halogens is 3. The number of amides is 1. The molecule has 0 fully saturated rings. The van der Waals surface area contributed by atoms with Gasteiger partial charge in [-0.15, -0.1) is 0 Å². The maximum Gasteiger partial charge on any atom is 0.416 e. The van der Waals surface area contributed by atoms with Gasteiger partial charge in [0.1, 0.15) is 5.75 Å². The predicted octanol–water partition coefficient (Wildman–Crippen LogP) is 3.99. The van der Waals surface area contributed by atoms with E-state index >= 15 is 0 Å². The summed E-state index contributed by atoms with van der Waals surface area (Å²) in [6, 6.07) is 13.1. The first kappa shape index (κ1) is 14.9. The molecule has 110 valence electrons. The number of rotatable bonds is 3. The summed E-state index contributed by atoms with van der Waals surface area (Å²) in [4.78, 5) is 11.5. The summed E-state index contributed by atoms with van der Waals surface area (Å²) in [5.41, 5.74) is -0.409. The lowest BCUT2D eigenvalue weighted by Crippen LogP contribution is -2.26. The average molecular weight is 295 g/mol. The fourth-order valence-electron chi connectivity index (χ4n) is 1.66. The van der Waals surface area contributed by atoms with Gasteiger partial charge >= 0.3 is 12.3 Å². The fourth-order valence-corrected chi connectivity index (χ4v) is 1.66. The Hall–Kier alpha value is -2.50. The molecular formula is C15H12F3NO2. The summed E-state index contributed by atoms with van der Waals surface area (Å²) < 4.78 is 42.6. The van der Waals surface area contributed by atoms with E-state index in [1.165, 1.54) is 12.1 Å². The first-order chi connectivity index (χ1) is 9.95. The summed E-state index contributed by atoms with van der Waals surface area (Å²) in [6.07, 6.45) is -5.13. The number of carbonyl (C=O) groups is 1. The molecule has 0 spiro atoms. The predicted molar refractivity (Wildman–Crippen MR) is 70.7 cm³/mol. The van der Waals surface area contributed by atoms with Gasteiger partial charge in [0.2, 0.25) is 0 Å². The Labute approximate surface area is 119 Å². The van der Waals surface area contributed by atoms with Crippen LogP contribution in [-0.4, -0.2) is 6.09 Å². The van der Waals surface area contributed by atoms with Crippen LogP contribution in [-0.2, 0) is 12.7 Å². The van der Waals surface area contributed by atoms with E-state index in [1.54, 1.807) is 30.3 Å². The van der Waals surface area contributed by atoms with Crippen molar-refractivity contribution in [3.63, 3.8) is 0 Å². The first-order valence-electron chi connectivity index (χ1n) is 6.12. The van der Waals surface area contributed by atoms with Crippen LogP contribution in [0.1, 0.15) is 11.1 Å². The van der Waals surface area contributed by atoms with E-state index < -0.39 is 17.8 Å². The van der Waals surface area contributed by atoms with Gasteiger partial charge in [-0.3, -0.25) is 0 Å². The van der Waals surface area contributed by atoms with E-state index in [2.05, 4.69) is 5.32 Å². The lowest BCUT2D eigenvalue weighted by atomic mass is 10.1. The van der Waals surface area contributed by atoms with Crippen molar-refractivity contribution in [3.05, 3.63) is 65.7 Å². The van der Waals surface area contributed by atoms with Crippen molar-refractivity contribution in [1.29, 1.82) is 0 Å². The van der Waals surface area contributed by atoms with E-state index in [0.29, 0.717) is 11.3 Å². The smallest absolute Gasteiger partial charge is 0.410 e. The maximum absolute atomic E-state index is 12.5. The second kappa shape index (κ2) is 6.30. The van der Waals surface area contributed by atoms with Gasteiger partial charge in [0.05, 0.1) is 5.56 Å². The molecule has 0 unspecified atom stereocenters. The highest BCUT2D eigenvalue weighted by atomic mass is 19.4. The van der Waals surface area contributed by atoms with E-state index in [9.17, 15) is 18.0 Å². The lowest BCUT2D eigenvalue weighted by molar-refractivity contribution is -0.137. The van der Waals surface area contributed by atoms with E-state index in [1.807, 2.05) is 0 Å². The second-order valence-electron chi connectivity index (χ2n) is 4.25. The third-order valence-electron chi connectivity index (χ3n) is 2.64. The Morgan fingerprint density at radius 1 is 1.05 bits per heavy atom. The lowest BCUT2D eigenvalue weighted by Gasteiger charge is -2.10. The Kier molecular flexibility index (Phi) is 4.47. The van der Waals surface area contributed by atoms with Crippen LogP contribution in [0.5, 0.6) is 5.75 Å². The van der Waals surface area contributed by atoms with Crippen LogP contribution >= 0.6 is 0 Å². The third-order valence-corrected chi connectivity index (χ3v) is 2.64. The molecular weight excluding hydrogens is 283 g/mol. The average Bonchev–Trinajstić information content (AvgIpc) is 2.46. The van der Waals surface area contributed by atoms with Crippen molar-refractivity contribution in [3.8, 4) is 5.75 Å². The highest BCUT2D eigenvalue weighted by molar-refractivity contribution is 5.70. The SMILES string of the molecule is O=C(NCc1cccc(C(F)(F)F)c1)Oc1ccccc1. The molecule has 2 rings (SSSR count). The topological polar surface area (TPSA) is 38.3 Å². The van der Waals surface area contributed by atoms with Crippen LogP contribution in [0.15, 0.2) is 54.6 Å². The molecule has 6 heteroatoms. The van der Waals surface area contributed by atoms with Gasteiger partial charge in [-0.05, 0) is 29.8 Å². The van der Waals surface area contributed by atoms with Crippen molar-refractivity contribution < 1.29 is 22.7 Å². The van der Waals surface area contributed by atoms with E-state index in [-0.39, 0.29) is 6.54 Å². The number of benzene rings is 2. The van der Waals surface area contributed by atoms with E-state index in [4.69, 9.17) is 4.74 Å². The molecule has 0 aliphatic rings. The van der Waals surface area contributed by atoms with Crippen LogP contribution < -0.4 is 10.1 Å². The van der Waals surface area contributed by atoms with Crippen molar-refractivity contribution in [1.82, 2.24) is 5.32 Å². The first-order valence-corrected chi connectivity index (χ1v) is 6.12. The highest BCUT2D eigenvalue weighted by Crippen LogP contribution is 2.29. The molecule has 1 amide bonds. The molecule has 0 bridgehead atoms. The van der Waals surface area contributed by atoms with Crippen LogP contribution in [0.4, 0.5) is 18.0 Å². The van der Waals surface area contributed by atoms with Gasteiger partial charge in [0, 0.05) is 6.54 Å². The summed E-state index contributed by atoms with van der Waals surface area (Å²) in [5.74, 6) is 0.360. The number of hydrogen-bond donors (Lipinski definition) is 1. The molecule has 0 aliphatic carbocycles. The molecule has 0 aromatic heterocycles. The Bertz CT molecular complexity index is 612. The zero-order valence-corrected chi connectivity index (χ0v) is 10.9. The van der Waals surface area contributed by atoms with Crippen molar-refractivity contribution >= 4 is 6.09 Å². The third kappa shape index (κ3) is 4.52. The van der Waals surface area contributed by atoms with Gasteiger partial charge in [-0.2, -0.15) is 13.2 Å². The molecule has 21 heavy (non-hydrogen) atoms. The van der Waals surface area contributed by atoms with Gasteiger partial charge in [-0.1, -0.05) is 30.3 Å². The number of hydrogen-bond acceptors (Lipinski definition) is 2. The van der Waals surface area contributed by atoms with Gasteiger partial charge in [-0.25, -0.2) is 4.79 Å². The molecule has 0 saturated carbocycles. The summed E-state index contributed by atoms with van der Waals surface area (Å²) in [7, 11) is 0. The second-order valence-corrected chi connectivity index (χ2v) is 4.25. The minimum Gasteiger partial charge on any atom is -0.410 e. The van der Waals surface area contributed by atoms with Crippen LogP contribution in [0, 0.1) is 0 Å². The van der Waals surface area contributed by atoms with Crippen LogP contribution in [0.2, 0.25) is 0 Å². The summed E-state index contributed by atoms with van der Waals surface area (Å²) in [5, 5.41) is 2.40.